The van der Waals surface area contributed by atoms with Gasteiger partial charge in [0.1, 0.15) is 10.7 Å². The van der Waals surface area contributed by atoms with E-state index in [1.54, 1.807) is 16.7 Å². The average molecular weight is 307 g/mol. The summed E-state index contributed by atoms with van der Waals surface area (Å²) < 4.78 is 0. The second-order valence-corrected chi connectivity index (χ2v) is 7.25. The number of aryl methyl sites for hydroxylation is 3. The van der Waals surface area contributed by atoms with E-state index in [4.69, 9.17) is 0 Å². The Kier molecular flexibility index (Phi) is 3.85. The molecule has 0 bridgehead atoms. The van der Waals surface area contributed by atoms with Gasteiger partial charge in [0.15, 0.2) is 0 Å². The molecule has 0 radical (unpaired) electrons. The zero-order valence-corrected chi connectivity index (χ0v) is 13.2. The van der Waals surface area contributed by atoms with Crippen molar-refractivity contribution in [2.75, 3.05) is 0 Å². The molecule has 2 aromatic rings. The van der Waals surface area contributed by atoms with E-state index in [2.05, 4.69) is 15.3 Å². The second kappa shape index (κ2) is 5.61. The first-order chi connectivity index (χ1) is 9.63. The number of thiazole rings is 2. The fourth-order valence-electron chi connectivity index (χ4n) is 2.36. The van der Waals surface area contributed by atoms with Gasteiger partial charge in [-0.05, 0) is 39.5 Å². The first-order valence-electron chi connectivity index (χ1n) is 6.85. The number of aromatic nitrogens is 2. The van der Waals surface area contributed by atoms with Gasteiger partial charge in [-0.3, -0.25) is 4.79 Å². The Hall–Kier alpha value is -1.27. The molecule has 1 amide bonds. The van der Waals surface area contributed by atoms with Crippen LogP contribution in [-0.4, -0.2) is 15.9 Å². The van der Waals surface area contributed by atoms with Gasteiger partial charge in [0.25, 0.3) is 5.91 Å². The van der Waals surface area contributed by atoms with Crippen molar-refractivity contribution >= 4 is 28.6 Å². The van der Waals surface area contributed by atoms with Crippen LogP contribution in [0.2, 0.25) is 0 Å². The summed E-state index contributed by atoms with van der Waals surface area (Å²) in [7, 11) is 0. The van der Waals surface area contributed by atoms with Crippen LogP contribution in [0.1, 0.15) is 56.9 Å². The molecule has 3 rings (SSSR count). The minimum Gasteiger partial charge on any atom is -0.342 e. The Bertz CT molecular complexity index is 609. The lowest BCUT2D eigenvalue weighted by Gasteiger charge is -2.09. The maximum Gasteiger partial charge on any atom is 0.271 e. The van der Waals surface area contributed by atoms with Crippen molar-refractivity contribution in [2.45, 2.75) is 45.6 Å². The fraction of sp³-hybridized carbons (Fsp3) is 0.500. The van der Waals surface area contributed by atoms with Gasteiger partial charge in [-0.15, -0.1) is 22.7 Å². The number of amides is 1. The van der Waals surface area contributed by atoms with E-state index in [-0.39, 0.29) is 11.9 Å². The molecule has 0 saturated carbocycles. The number of rotatable bonds is 3. The molecule has 106 valence electrons. The molecule has 4 nitrogen and oxygen atoms in total. The number of nitrogens with zero attached hydrogens (tertiary/aromatic N) is 2. The summed E-state index contributed by atoms with van der Waals surface area (Å²) in [5.74, 6) is -0.116. The number of nitrogens with one attached hydrogen (secondary N) is 1. The highest BCUT2D eigenvalue weighted by atomic mass is 32.1. The van der Waals surface area contributed by atoms with E-state index in [0.29, 0.717) is 5.69 Å². The predicted molar refractivity (Wildman–Crippen MR) is 81.5 cm³/mol. The van der Waals surface area contributed by atoms with Gasteiger partial charge in [0, 0.05) is 10.3 Å². The van der Waals surface area contributed by atoms with E-state index in [1.165, 1.54) is 34.7 Å². The average Bonchev–Trinajstić information content (AvgIpc) is 3.04. The molecule has 0 spiro atoms. The summed E-state index contributed by atoms with van der Waals surface area (Å²) in [5, 5.41) is 6.71. The number of carbonyl (C=O) groups excluding carboxylic acids is 1. The Morgan fingerprint density at radius 3 is 2.85 bits per heavy atom. The standard InChI is InChI=1S/C14H17N3OS2/c1-8(15-13(18)11-7-19-9(2)16-11)14-17-10-5-3-4-6-12(10)20-14/h7-8H,3-6H2,1-2H3,(H,15,18)/t8-/m1/s1. The molecular weight excluding hydrogens is 290 g/mol. The van der Waals surface area contributed by atoms with Crippen molar-refractivity contribution in [2.24, 2.45) is 0 Å². The van der Waals surface area contributed by atoms with Crippen molar-refractivity contribution in [1.82, 2.24) is 15.3 Å². The van der Waals surface area contributed by atoms with Crippen molar-refractivity contribution < 1.29 is 4.79 Å². The molecule has 0 aromatic carbocycles. The molecule has 2 heterocycles. The van der Waals surface area contributed by atoms with E-state index in [9.17, 15) is 4.79 Å². The Balaban J connectivity index is 1.71. The minimum atomic E-state index is -0.116. The lowest BCUT2D eigenvalue weighted by atomic mass is 10.0. The van der Waals surface area contributed by atoms with Gasteiger partial charge in [-0.25, -0.2) is 9.97 Å². The summed E-state index contributed by atoms with van der Waals surface area (Å²) >= 11 is 3.23. The van der Waals surface area contributed by atoms with Crippen LogP contribution in [0, 0.1) is 6.92 Å². The van der Waals surface area contributed by atoms with Crippen LogP contribution in [0.5, 0.6) is 0 Å². The molecule has 0 fully saturated rings. The molecule has 0 saturated heterocycles. The van der Waals surface area contributed by atoms with Gasteiger partial charge in [-0.1, -0.05) is 0 Å². The van der Waals surface area contributed by atoms with Crippen LogP contribution in [0.4, 0.5) is 0 Å². The van der Waals surface area contributed by atoms with Gasteiger partial charge in [-0.2, -0.15) is 0 Å². The predicted octanol–water partition coefficient (Wildman–Crippen LogP) is 3.28. The third-order valence-electron chi connectivity index (χ3n) is 3.43. The number of fused-ring (bicyclic) bond motifs is 1. The van der Waals surface area contributed by atoms with E-state index < -0.39 is 0 Å². The number of carbonyl (C=O) groups is 1. The van der Waals surface area contributed by atoms with Crippen molar-refractivity contribution in [1.29, 1.82) is 0 Å². The Labute approximate surface area is 126 Å². The van der Waals surface area contributed by atoms with Crippen LogP contribution in [0.15, 0.2) is 5.38 Å². The van der Waals surface area contributed by atoms with Crippen molar-refractivity contribution in [3.05, 3.63) is 31.7 Å². The summed E-state index contributed by atoms with van der Waals surface area (Å²) in [6.07, 6.45) is 4.71. The quantitative estimate of drug-likeness (QED) is 0.947. The lowest BCUT2D eigenvalue weighted by Crippen LogP contribution is -2.26. The zero-order valence-electron chi connectivity index (χ0n) is 11.6. The van der Waals surface area contributed by atoms with E-state index >= 15 is 0 Å². The largest absolute Gasteiger partial charge is 0.342 e. The highest BCUT2D eigenvalue weighted by Crippen LogP contribution is 2.29. The van der Waals surface area contributed by atoms with Gasteiger partial charge in [0.2, 0.25) is 0 Å². The fourth-order valence-corrected chi connectivity index (χ4v) is 4.11. The third kappa shape index (κ3) is 2.76. The molecule has 2 aromatic heterocycles. The normalized spacial score (nSPS) is 15.7. The van der Waals surface area contributed by atoms with Crippen LogP contribution in [0.3, 0.4) is 0 Å². The summed E-state index contributed by atoms with van der Waals surface area (Å²) in [6, 6.07) is -0.0555. The molecule has 6 heteroatoms. The third-order valence-corrected chi connectivity index (χ3v) is 5.55. The monoisotopic (exact) mass is 307 g/mol. The summed E-state index contributed by atoms with van der Waals surface area (Å²) in [4.78, 5) is 22.4. The zero-order chi connectivity index (χ0) is 14.1. The first-order valence-corrected chi connectivity index (χ1v) is 8.54. The topological polar surface area (TPSA) is 54.9 Å². The molecule has 20 heavy (non-hydrogen) atoms. The number of hydrogen-bond donors (Lipinski definition) is 1. The first kappa shape index (κ1) is 13.7. The molecule has 0 aliphatic heterocycles. The SMILES string of the molecule is Cc1nc(C(=O)N[C@H](C)c2nc3c(s2)CCCC3)cs1. The van der Waals surface area contributed by atoms with Crippen LogP contribution in [-0.2, 0) is 12.8 Å². The van der Waals surface area contributed by atoms with E-state index in [0.717, 1.165) is 22.9 Å². The maximum absolute atomic E-state index is 12.1. The van der Waals surface area contributed by atoms with Crippen LogP contribution in [0.25, 0.3) is 0 Å². The highest BCUT2D eigenvalue weighted by Gasteiger charge is 2.20. The smallest absolute Gasteiger partial charge is 0.271 e. The van der Waals surface area contributed by atoms with Crippen LogP contribution < -0.4 is 5.32 Å². The van der Waals surface area contributed by atoms with Crippen LogP contribution >= 0.6 is 22.7 Å². The summed E-state index contributed by atoms with van der Waals surface area (Å²) in [6.45, 7) is 3.89. The van der Waals surface area contributed by atoms with E-state index in [1.807, 2.05) is 13.8 Å². The van der Waals surface area contributed by atoms with Gasteiger partial charge in [0.05, 0.1) is 16.7 Å². The molecule has 1 aliphatic carbocycles. The van der Waals surface area contributed by atoms with Gasteiger partial charge >= 0.3 is 0 Å². The molecule has 1 aliphatic rings. The van der Waals surface area contributed by atoms with Gasteiger partial charge < -0.3 is 5.32 Å². The van der Waals surface area contributed by atoms with Crippen molar-refractivity contribution in [3.63, 3.8) is 0 Å². The highest BCUT2D eigenvalue weighted by molar-refractivity contribution is 7.11. The number of hydrogen-bond acceptors (Lipinski definition) is 5. The minimum absolute atomic E-state index is 0.0555. The molecule has 0 unspecified atom stereocenters. The second-order valence-electron chi connectivity index (χ2n) is 5.08. The molecule has 1 N–H and O–H groups in total. The molecular formula is C14H17N3OS2. The molecule has 1 atom stereocenters. The Morgan fingerprint density at radius 1 is 1.35 bits per heavy atom. The summed E-state index contributed by atoms with van der Waals surface area (Å²) in [5.41, 5.74) is 1.74. The lowest BCUT2D eigenvalue weighted by molar-refractivity contribution is 0.0935. The maximum atomic E-state index is 12.1. The Morgan fingerprint density at radius 2 is 2.15 bits per heavy atom. The van der Waals surface area contributed by atoms with Crippen molar-refractivity contribution in [3.8, 4) is 0 Å².